The summed E-state index contributed by atoms with van der Waals surface area (Å²) in [5.74, 6) is 0.327. The summed E-state index contributed by atoms with van der Waals surface area (Å²) in [4.78, 5) is 27.0. The van der Waals surface area contributed by atoms with Crippen molar-refractivity contribution in [1.29, 1.82) is 0 Å². The largest absolute Gasteiger partial charge is 0.343 e. The van der Waals surface area contributed by atoms with Crippen molar-refractivity contribution in [2.24, 2.45) is 5.92 Å². The molecule has 7 heteroatoms. The lowest BCUT2D eigenvalue weighted by molar-refractivity contribution is -0.132. The maximum atomic E-state index is 13.7. The number of hydrogen-bond donors (Lipinski definition) is 2. The Labute approximate surface area is 182 Å². The van der Waals surface area contributed by atoms with Gasteiger partial charge in [-0.1, -0.05) is 44.2 Å². The molecule has 6 nitrogen and oxygen atoms in total. The number of nitrogens with zero attached hydrogens (tertiary/aromatic N) is 2. The Morgan fingerprint density at radius 1 is 1.10 bits per heavy atom. The number of anilines is 1. The number of aromatic nitrogens is 2. The van der Waals surface area contributed by atoms with E-state index >= 15 is 0 Å². The molecule has 1 saturated carbocycles. The van der Waals surface area contributed by atoms with Crippen LogP contribution in [0.4, 0.5) is 10.1 Å². The molecule has 1 aliphatic carbocycles. The first-order valence-corrected chi connectivity index (χ1v) is 11.5. The molecule has 2 N–H and O–H groups in total. The molecule has 0 unspecified atom stereocenters. The predicted molar refractivity (Wildman–Crippen MR) is 117 cm³/mol. The predicted octanol–water partition coefficient (Wildman–Crippen LogP) is 4.87. The summed E-state index contributed by atoms with van der Waals surface area (Å²) in [7, 11) is 0. The first-order chi connectivity index (χ1) is 15.1. The van der Waals surface area contributed by atoms with Crippen LogP contribution >= 0.6 is 0 Å². The van der Waals surface area contributed by atoms with Gasteiger partial charge in [-0.15, -0.1) is 0 Å². The van der Waals surface area contributed by atoms with Crippen LogP contribution in [0.15, 0.2) is 30.3 Å². The summed E-state index contributed by atoms with van der Waals surface area (Å²) in [6.45, 7) is 1.48. The number of likely N-dealkylation sites (tertiary alicyclic amines) is 1. The van der Waals surface area contributed by atoms with Crippen LogP contribution < -0.4 is 5.32 Å². The summed E-state index contributed by atoms with van der Waals surface area (Å²) in [5, 5.41) is 9.63. The van der Waals surface area contributed by atoms with Gasteiger partial charge in [0.05, 0.1) is 5.69 Å². The molecule has 0 bridgehead atoms. The number of rotatable bonds is 6. The van der Waals surface area contributed by atoms with E-state index in [4.69, 9.17) is 0 Å². The number of carbonyl (C=O) groups is 2. The van der Waals surface area contributed by atoms with Crippen molar-refractivity contribution < 1.29 is 14.0 Å². The van der Waals surface area contributed by atoms with Crippen LogP contribution in [-0.2, 0) is 4.79 Å². The van der Waals surface area contributed by atoms with Crippen molar-refractivity contribution in [3.05, 3.63) is 47.5 Å². The molecular weight excluding hydrogens is 395 g/mol. The minimum atomic E-state index is -0.480. The standard InChI is InChI=1S/C24H31FN4O2/c25-19-8-4-5-9-20(19)26-24(31)22-16-21(27-28-22)18-12-14-29(15-13-18)23(30)11-10-17-6-2-1-3-7-17/h4-5,8-9,16-18H,1-3,6-7,10-15H2,(H,26,31)(H,27,28). The Hall–Kier alpha value is -2.70. The van der Waals surface area contributed by atoms with Gasteiger partial charge in [0.2, 0.25) is 5.91 Å². The highest BCUT2D eigenvalue weighted by Crippen LogP contribution is 2.30. The van der Waals surface area contributed by atoms with Crippen molar-refractivity contribution in [1.82, 2.24) is 15.1 Å². The maximum Gasteiger partial charge on any atom is 0.276 e. The molecule has 31 heavy (non-hydrogen) atoms. The van der Waals surface area contributed by atoms with E-state index < -0.39 is 11.7 Å². The quantitative estimate of drug-likeness (QED) is 0.692. The number of piperidine rings is 1. The van der Waals surface area contributed by atoms with Crippen LogP contribution in [0, 0.1) is 11.7 Å². The Balaban J connectivity index is 1.25. The molecule has 1 saturated heterocycles. The summed E-state index contributed by atoms with van der Waals surface area (Å²) in [5.41, 5.74) is 1.27. The Morgan fingerprint density at radius 2 is 1.84 bits per heavy atom. The third kappa shape index (κ3) is 5.51. The molecule has 2 fully saturated rings. The Bertz CT molecular complexity index is 898. The van der Waals surface area contributed by atoms with Crippen LogP contribution in [0.2, 0.25) is 0 Å². The summed E-state index contributed by atoms with van der Waals surface area (Å²) in [6.07, 6.45) is 9.93. The number of carbonyl (C=O) groups excluding carboxylic acids is 2. The molecule has 0 radical (unpaired) electrons. The van der Waals surface area contributed by atoms with E-state index in [1.165, 1.54) is 44.2 Å². The highest BCUT2D eigenvalue weighted by atomic mass is 19.1. The fourth-order valence-electron chi connectivity index (χ4n) is 4.81. The Kier molecular flexibility index (Phi) is 6.99. The van der Waals surface area contributed by atoms with Crippen molar-refractivity contribution in [2.75, 3.05) is 18.4 Å². The van der Waals surface area contributed by atoms with Crippen molar-refractivity contribution >= 4 is 17.5 Å². The lowest BCUT2D eigenvalue weighted by Crippen LogP contribution is -2.38. The molecule has 1 aromatic heterocycles. The second-order valence-electron chi connectivity index (χ2n) is 8.84. The van der Waals surface area contributed by atoms with Crippen LogP contribution in [-0.4, -0.2) is 40.0 Å². The van der Waals surface area contributed by atoms with Crippen LogP contribution in [0.1, 0.15) is 79.9 Å². The second kappa shape index (κ2) is 10.1. The van der Waals surface area contributed by atoms with Gasteiger partial charge in [-0.25, -0.2) is 4.39 Å². The highest BCUT2D eigenvalue weighted by Gasteiger charge is 2.26. The van der Waals surface area contributed by atoms with E-state index in [2.05, 4.69) is 15.5 Å². The number of para-hydroxylation sites is 1. The van der Waals surface area contributed by atoms with E-state index in [1.54, 1.807) is 18.2 Å². The van der Waals surface area contributed by atoms with E-state index in [-0.39, 0.29) is 23.2 Å². The number of amides is 2. The molecule has 1 aliphatic heterocycles. The molecule has 2 heterocycles. The minimum Gasteiger partial charge on any atom is -0.343 e. The van der Waals surface area contributed by atoms with E-state index in [1.807, 2.05) is 4.90 Å². The van der Waals surface area contributed by atoms with Gasteiger partial charge in [-0.2, -0.15) is 5.10 Å². The molecule has 2 aliphatic rings. The molecule has 2 aromatic rings. The van der Waals surface area contributed by atoms with Gasteiger partial charge in [0.25, 0.3) is 5.91 Å². The molecule has 4 rings (SSSR count). The first kappa shape index (κ1) is 21.5. The van der Waals surface area contributed by atoms with Crippen LogP contribution in [0.3, 0.4) is 0 Å². The highest BCUT2D eigenvalue weighted by molar-refractivity contribution is 6.02. The topological polar surface area (TPSA) is 78.1 Å². The zero-order chi connectivity index (χ0) is 21.6. The number of hydrogen-bond acceptors (Lipinski definition) is 3. The third-order valence-corrected chi connectivity index (χ3v) is 6.73. The van der Waals surface area contributed by atoms with Gasteiger partial charge >= 0.3 is 0 Å². The van der Waals surface area contributed by atoms with Crippen molar-refractivity contribution in [2.45, 2.75) is 63.7 Å². The molecule has 0 atom stereocenters. The molecule has 2 amide bonds. The summed E-state index contributed by atoms with van der Waals surface area (Å²) < 4.78 is 13.7. The van der Waals surface area contributed by atoms with Gasteiger partial charge in [0, 0.05) is 31.1 Å². The molecule has 0 spiro atoms. The zero-order valence-electron chi connectivity index (χ0n) is 17.9. The zero-order valence-corrected chi connectivity index (χ0v) is 17.9. The maximum absolute atomic E-state index is 13.7. The van der Waals surface area contributed by atoms with Gasteiger partial charge in [0.1, 0.15) is 5.82 Å². The summed E-state index contributed by atoms with van der Waals surface area (Å²) in [6, 6.07) is 7.79. The SMILES string of the molecule is O=C(Nc1ccccc1F)c1cc(C2CCN(C(=O)CCC3CCCCC3)CC2)[nH]n1. The normalized spacial score (nSPS) is 18.2. The average Bonchev–Trinajstić information content (AvgIpc) is 3.30. The van der Waals surface area contributed by atoms with Crippen LogP contribution in [0.25, 0.3) is 0 Å². The monoisotopic (exact) mass is 426 g/mol. The van der Waals surface area contributed by atoms with Gasteiger partial charge in [-0.3, -0.25) is 14.7 Å². The van der Waals surface area contributed by atoms with Crippen LogP contribution in [0.5, 0.6) is 0 Å². The van der Waals surface area contributed by atoms with Gasteiger partial charge < -0.3 is 10.2 Å². The van der Waals surface area contributed by atoms with Crippen molar-refractivity contribution in [3.8, 4) is 0 Å². The van der Waals surface area contributed by atoms with Crippen molar-refractivity contribution in [3.63, 3.8) is 0 Å². The molecular formula is C24H31FN4O2. The van der Waals surface area contributed by atoms with Gasteiger partial charge in [0.15, 0.2) is 5.69 Å². The number of nitrogens with one attached hydrogen (secondary N) is 2. The lowest BCUT2D eigenvalue weighted by Gasteiger charge is -2.32. The molecule has 166 valence electrons. The number of aromatic amines is 1. The smallest absolute Gasteiger partial charge is 0.276 e. The molecule has 1 aromatic carbocycles. The third-order valence-electron chi connectivity index (χ3n) is 6.73. The number of halogens is 1. The summed E-state index contributed by atoms with van der Waals surface area (Å²) >= 11 is 0. The Morgan fingerprint density at radius 3 is 2.58 bits per heavy atom. The fraction of sp³-hybridized carbons (Fsp3) is 0.542. The number of H-pyrrole nitrogens is 1. The van der Waals surface area contributed by atoms with E-state index in [9.17, 15) is 14.0 Å². The minimum absolute atomic E-state index is 0.136. The lowest BCUT2D eigenvalue weighted by atomic mass is 9.86. The first-order valence-electron chi connectivity index (χ1n) is 11.5. The van der Waals surface area contributed by atoms with E-state index in [0.717, 1.165) is 44.0 Å². The second-order valence-corrected chi connectivity index (χ2v) is 8.84. The number of benzene rings is 1. The van der Waals surface area contributed by atoms with Gasteiger partial charge in [-0.05, 0) is 43.4 Å². The fourth-order valence-corrected chi connectivity index (χ4v) is 4.81. The van der Waals surface area contributed by atoms with E-state index in [0.29, 0.717) is 6.42 Å². The average molecular weight is 427 g/mol.